The van der Waals surface area contributed by atoms with Crippen LogP contribution in [0.5, 0.6) is 0 Å². The quantitative estimate of drug-likeness (QED) is 0.657. The highest BCUT2D eigenvalue weighted by atomic mass is 16.1. The maximum absolute atomic E-state index is 11.8. The second kappa shape index (κ2) is 8.78. The van der Waals surface area contributed by atoms with Crippen LogP contribution in [0.4, 0.5) is 0 Å². The van der Waals surface area contributed by atoms with Crippen LogP contribution in [0.3, 0.4) is 0 Å². The Hall–Kier alpha value is -1.25. The van der Waals surface area contributed by atoms with Gasteiger partial charge in [-0.1, -0.05) is 38.8 Å². The zero-order chi connectivity index (χ0) is 14.1. The van der Waals surface area contributed by atoms with Crippen molar-refractivity contribution in [2.75, 3.05) is 0 Å². The smallest absolute Gasteiger partial charge is 0.224 e. The van der Waals surface area contributed by atoms with Gasteiger partial charge in [-0.3, -0.25) is 4.79 Å². The van der Waals surface area contributed by atoms with Gasteiger partial charge in [0.15, 0.2) is 0 Å². The fourth-order valence-electron chi connectivity index (χ4n) is 2.44. The van der Waals surface area contributed by atoms with Gasteiger partial charge in [0, 0.05) is 30.3 Å². The second-order valence-electron chi connectivity index (χ2n) is 5.49. The number of rotatable bonds is 8. The fraction of sp³-hybridized carbons (Fsp3) is 0.688. The van der Waals surface area contributed by atoms with Gasteiger partial charge in [0.1, 0.15) is 0 Å². The van der Waals surface area contributed by atoms with E-state index < -0.39 is 0 Å². The third-order valence-corrected chi connectivity index (χ3v) is 3.38. The lowest BCUT2D eigenvalue weighted by Gasteiger charge is -2.25. The van der Waals surface area contributed by atoms with E-state index in [2.05, 4.69) is 30.2 Å². The highest BCUT2D eigenvalue weighted by molar-refractivity contribution is 5.77. The molecular formula is C16H28N2O. The molecule has 1 unspecified atom stereocenters. The predicted octanol–water partition coefficient (Wildman–Crippen LogP) is 3.63. The first-order valence-electron chi connectivity index (χ1n) is 7.52. The molecular weight excluding hydrogens is 236 g/mol. The van der Waals surface area contributed by atoms with Crippen LogP contribution in [0, 0.1) is 0 Å². The molecule has 0 aromatic heterocycles. The zero-order valence-corrected chi connectivity index (χ0v) is 12.4. The predicted molar refractivity (Wildman–Crippen MR) is 80.6 cm³/mol. The summed E-state index contributed by atoms with van der Waals surface area (Å²) in [5.41, 5.74) is 2.07. The van der Waals surface area contributed by atoms with E-state index in [4.69, 9.17) is 0 Å². The Morgan fingerprint density at radius 1 is 1.42 bits per heavy atom. The number of unbranched alkanes of at least 4 members (excludes halogenated alkanes) is 3. The Bertz CT molecular complexity index is 334. The van der Waals surface area contributed by atoms with Crippen LogP contribution in [0.25, 0.3) is 0 Å². The molecule has 0 aliphatic heterocycles. The molecule has 1 aliphatic carbocycles. The second-order valence-corrected chi connectivity index (χ2v) is 5.49. The summed E-state index contributed by atoms with van der Waals surface area (Å²) in [5.74, 6) is 0.165. The highest BCUT2D eigenvalue weighted by Crippen LogP contribution is 2.17. The molecule has 0 saturated carbocycles. The summed E-state index contributed by atoms with van der Waals surface area (Å²) < 4.78 is 0. The Morgan fingerprint density at radius 3 is 2.89 bits per heavy atom. The van der Waals surface area contributed by atoms with Crippen LogP contribution in [0.2, 0.25) is 0 Å². The molecule has 0 bridgehead atoms. The molecule has 108 valence electrons. The number of allylic oxidation sites excluding steroid dienone is 2. The molecule has 0 aromatic carbocycles. The topological polar surface area (TPSA) is 41.1 Å². The summed E-state index contributed by atoms with van der Waals surface area (Å²) in [7, 11) is 0. The van der Waals surface area contributed by atoms with E-state index in [1.54, 1.807) is 0 Å². The maximum atomic E-state index is 11.8. The van der Waals surface area contributed by atoms with Crippen LogP contribution < -0.4 is 10.6 Å². The van der Waals surface area contributed by atoms with E-state index in [-0.39, 0.29) is 5.91 Å². The van der Waals surface area contributed by atoms with Gasteiger partial charge in [0.2, 0.25) is 5.91 Å². The van der Waals surface area contributed by atoms with Crippen LogP contribution >= 0.6 is 0 Å². The minimum Gasteiger partial charge on any atom is -0.386 e. The van der Waals surface area contributed by atoms with Gasteiger partial charge in [-0.15, -0.1) is 0 Å². The first-order chi connectivity index (χ1) is 9.11. The van der Waals surface area contributed by atoms with Gasteiger partial charge in [0.05, 0.1) is 0 Å². The van der Waals surface area contributed by atoms with Gasteiger partial charge in [-0.2, -0.15) is 0 Å². The first kappa shape index (κ1) is 15.8. The van der Waals surface area contributed by atoms with Crippen molar-refractivity contribution in [1.82, 2.24) is 10.6 Å². The molecule has 1 atom stereocenters. The Labute approximate surface area is 117 Å². The molecule has 1 aliphatic rings. The zero-order valence-electron chi connectivity index (χ0n) is 12.4. The van der Waals surface area contributed by atoms with Crippen LogP contribution in [-0.2, 0) is 4.79 Å². The molecule has 0 spiro atoms. The van der Waals surface area contributed by atoms with Crippen LogP contribution in [0.1, 0.15) is 65.2 Å². The summed E-state index contributed by atoms with van der Waals surface area (Å²) in [4.78, 5) is 11.8. The molecule has 19 heavy (non-hydrogen) atoms. The minimum atomic E-state index is 0.165. The average Bonchev–Trinajstić information content (AvgIpc) is 2.34. The van der Waals surface area contributed by atoms with Crippen molar-refractivity contribution in [2.24, 2.45) is 0 Å². The van der Waals surface area contributed by atoms with Crippen LogP contribution in [-0.4, -0.2) is 11.9 Å². The van der Waals surface area contributed by atoms with E-state index in [1.165, 1.54) is 12.8 Å². The van der Waals surface area contributed by atoms with Crippen molar-refractivity contribution in [3.63, 3.8) is 0 Å². The van der Waals surface area contributed by atoms with Crippen molar-refractivity contribution >= 4 is 5.91 Å². The lowest BCUT2D eigenvalue weighted by atomic mass is 9.98. The molecule has 2 N–H and O–H groups in total. The standard InChI is InChI=1S/C16H28N2O/c1-4-5-6-7-11-16(19)18-15-10-8-9-14(12-15)17-13(2)3/h10,14,17H,2,4-9,11-12H2,1,3H3,(H,18,19). The van der Waals surface area contributed by atoms with Gasteiger partial charge in [0.25, 0.3) is 0 Å². The molecule has 3 nitrogen and oxygen atoms in total. The Morgan fingerprint density at radius 2 is 2.21 bits per heavy atom. The summed E-state index contributed by atoms with van der Waals surface area (Å²) in [5, 5.41) is 6.41. The number of carbonyl (C=O) groups excluding carboxylic acids is 1. The normalized spacial score (nSPS) is 18.6. The fourth-order valence-corrected chi connectivity index (χ4v) is 2.44. The summed E-state index contributed by atoms with van der Waals surface area (Å²) in [6, 6.07) is 0.415. The summed E-state index contributed by atoms with van der Waals surface area (Å²) >= 11 is 0. The van der Waals surface area contributed by atoms with E-state index in [0.717, 1.165) is 43.5 Å². The van der Waals surface area contributed by atoms with E-state index in [1.807, 2.05) is 6.92 Å². The molecule has 0 saturated heterocycles. The van der Waals surface area contributed by atoms with Gasteiger partial charge in [-0.25, -0.2) is 0 Å². The number of hydrogen-bond donors (Lipinski definition) is 2. The van der Waals surface area contributed by atoms with E-state index in [0.29, 0.717) is 12.5 Å². The van der Waals surface area contributed by atoms with Crippen molar-refractivity contribution in [3.05, 3.63) is 24.0 Å². The number of carbonyl (C=O) groups is 1. The molecule has 1 rings (SSSR count). The molecule has 0 heterocycles. The SMILES string of the molecule is C=C(C)NC1CCC=C(NC(=O)CCCCCC)C1. The number of nitrogens with one attached hydrogen (secondary N) is 2. The largest absolute Gasteiger partial charge is 0.386 e. The van der Waals surface area contributed by atoms with Gasteiger partial charge in [-0.05, 0) is 26.2 Å². The third-order valence-electron chi connectivity index (χ3n) is 3.38. The maximum Gasteiger partial charge on any atom is 0.224 e. The van der Waals surface area contributed by atoms with E-state index in [9.17, 15) is 4.79 Å². The lowest BCUT2D eigenvalue weighted by molar-refractivity contribution is -0.120. The Kier molecular flexibility index (Phi) is 7.31. The van der Waals surface area contributed by atoms with Crippen molar-refractivity contribution in [1.29, 1.82) is 0 Å². The highest BCUT2D eigenvalue weighted by Gasteiger charge is 2.16. The third kappa shape index (κ3) is 7.04. The summed E-state index contributed by atoms with van der Waals surface area (Å²) in [6.45, 7) is 8.03. The summed E-state index contributed by atoms with van der Waals surface area (Å²) in [6.07, 6.45) is 10.4. The molecule has 1 amide bonds. The van der Waals surface area contributed by atoms with E-state index >= 15 is 0 Å². The van der Waals surface area contributed by atoms with Crippen molar-refractivity contribution in [3.8, 4) is 0 Å². The monoisotopic (exact) mass is 264 g/mol. The average molecular weight is 264 g/mol. The van der Waals surface area contributed by atoms with Crippen molar-refractivity contribution < 1.29 is 4.79 Å². The number of amides is 1. The number of hydrogen-bond acceptors (Lipinski definition) is 2. The van der Waals surface area contributed by atoms with Gasteiger partial charge < -0.3 is 10.6 Å². The lowest BCUT2D eigenvalue weighted by Crippen LogP contribution is -2.34. The molecule has 0 fully saturated rings. The minimum absolute atomic E-state index is 0.165. The molecule has 3 heteroatoms. The molecule has 0 radical (unpaired) electrons. The first-order valence-corrected chi connectivity index (χ1v) is 7.52. The van der Waals surface area contributed by atoms with Crippen LogP contribution in [0.15, 0.2) is 24.0 Å². The van der Waals surface area contributed by atoms with Crippen molar-refractivity contribution in [2.45, 2.75) is 71.3 Å². The Balaban J connectivity index is 2.26. The van der Waals surface area contributed by atoms with Gasteiger partial charge >= 0.3 is 0 Å². The molecule has 0 aromatic rings.